The minimum atomic E-state index is -0.435. The average molecular weight is 385 g/mol. The van der Waals surface area contributed by atoms with Gasteiger partial charge in [-0.2, -0.15) is 0 Å². The zero-order valence-electron chi connectivity index (χ0n) is 15.8. The molecule has 3 N–H and O–H groups in total. The number of ether oxygens (including phenoxy) is 2. The molecule has 2 aromatic rings. The lowest BCUT2D eigenvalue weighted by Gasteiger charge is -2.09. The highest BCUT2D eigenvalue weighted by Gasteiger charge is 2.07. The molecule has 0 aromatic heterocycles. The van der Waals surface area contributed by atoms with Gasteiger partial charge in [-0.25, -0.2) is 4.79 Å². The van der Waals surface area contributed by atoms with E-state index in [4.69, 9.17) is 4.74 Å². The summed E-state index contributed by atoms with van der Waals surface area (Å²) < 4.78 is 9.51. The average Bonchev–Trinajstić information content (AvgIpc) is 2.72. The molecule has 0 saturated carbocycles. The van der Waals surface area contributed by atoms with Gasteiger partial charge in [-0.3, -0.25) is 9.59 Å². The van der Waals surface area contributed by atoms with Crippen LogP contribution in [0.5, 0.6) is 0 Å². The van der Waals surface area contributed by atoms with Gasteiger partial charge in [0, 0.05) is 30.6 Å². The molecule has 2 rings (SSSR count). The number of hydrogen-bond acceptors (Lipinski definition) is 6. The molecular weight excluding hydrogens is 362 g/mol. The van der Waals surface area contributed by atoms with Crippen LogP contribution < -0.4 is 16.0 Å². The molecule has 0 heterocycles. The van der Waals surface area contributed by atoms with E-state index in [1.807, 2.05) is 0 Å². The van der Waals surface area contributed by atoms with E-state index in [0.29, 0.717) is 35.7 Å². The van der Waals surface area contributed by atoms with Gasteiger partial charge in [0.05, 0.1) is 25.8 Å². The first kappa shape index (κ1) is 20.9. The monoisotopic (exact) mass is 385 g/mol. The zero-order chi connectivity index (χ0) is 20.4. The number of amides is 2. The molecule has 0 fully saturated rings. The largest absolute Gasteiger partial charge is 0.465 e. The Hall–Kier alpha value is -3.39. The Kier molecular flexibility index (Phi) is 7.98. The van der Waals surface area contributed by atoms with E-state index in [0.717, 1.165) is 0 Å². The van der Waals surface area contributed by atoms with Crippen molar-refractivity contribution in [3.63, 3.8) is 0 Å². The first-order chi connectivity index (χ1) is 13.5. The molecule has 0 aliphatic rings. The Bertz CT molecular complexity index is 804. The summed E-state index contributed by atoms with van der Waals surface area (Å²) in [6.45, 7) is 0.945. The van der Waals surface area contributed by atoms with Crippen LogP contribution in [0.4, 0.5) is 11.4 Å². The summed E-state index contributed by atoms with van der Waals surface area (Å²) in [6, 6.07) is 13.2. The van der Waals surface area contributed by atoms with Gasteiger partial charge < -0.3 is 25.4 Å². The van der Waals surface area contributed by atoms with Crippen molar-refractivity contribution in [1.29, 1.82) is 0 Å². The van der Waals surface area contributed by atoms with Crippen molar-refractivity contribution in [2.75, 3.05) is 44.5 Å². The number of hydrogen-bond donors (Lipinski definition) is 3. The number of nitrogens with one attached hydrogen (secondary N) is 3. The summed E-state index contributed by atoms with van der Waals surface area (Å²) in [5.74, 6) is -0.862. The predicted octanol–water partition coefficient (Wildman–Crippen LogP) is 1.90. The lowest BCUT2D eigenvalue weighted by molar-refractivity contribution is -0.114. The Morgan fingerprint density at radius 2 is 1.46 bits per heavy atom. The fraction of sp³-hybridized carbons (Fsp3) is 0.250. The van der Waals surface area contributed by atoms with E-state index in [-0.39, 0.29) is 18.4 Å². The molecule has 0 bridgehead atoms. The summed E-state index contributed by atoms with van der Waals surface area (Å²) >= 11 is 0. The molecule has 8 nitrogen and oxygen atoms in total. The van der Waals surface area contributed by atoms with E-state index in [1.54, 1.807) is 55.6 Å². The maximum absolute atomic E-state index is 12.0. The normalized spacial score (nSPS) is 10.1. The minimum Gasteiger partial charge on any atom is -0.465 e. The molecule has 0 saturated heterocycles. The number of carbonyl (C=O) groups is 3. The van der Waals surface area contributed by atoms with Crippen molar-refractivity contribution in [3.8, 4) is 0 Å². The summed E-state index contributed by atoms with van der Waals surface area (Å²) in [5, 5.41) is 8.44. The van der Waals surface area contributed by atoms with Gasteiger partial charge in [-0.1, -0.05) is 0 Å². The minimum absolute atomic E-state index is 0.0537. The maximum Gasteiger partial charge on any atom is 0.337 e. The van der Waals surface area contributed by atoms with E-state index in [2.05, 4.69) is 20.7 Å². The third-order valence-corrected chi connectivity index (χ3v) is 3.78. The number of anilines is 2. The van der Waals surface area contributed by atoms with E-state index in [9.17, 15) is 14.4 Å². The molecule has 8 heteroatoms. The highest BCUT2D eigenvalue weighted by molar-refractivity contribution is 5.96. The van der Waals surface area contributed by atoms with Crippen molar-refractivity contribution in [2.24, 2.45) is 0 Å². The predicted molar refractivity (Wildman–Crippen MR) is 106 cm³/mol. The fourth-order valence-electron chi connectivity index (χ4n) is 2.30. The molecule has 2 amide bonds. The first-order valence-corrected chi connectivity index (χ1v) is 8.63. The van der Waals surface area contributed by atoms with Crippen molar-refractivity contribution in [1.82, 2.24) is 5.32 Å². The van der Waals surface area contributed by atoms with Crippen LogP contribution in [0.1, 0.15) is 20.7 Å². The highest BCUT2D eigenvalue weighted by atomic mass is 16.5. The van der Waals surface area contributed by atoms with Crippen LogP contribution >= 0.6 is 0 Å². The van der Waals surface area contributed by atoms with Crippen LogP contribution in [-0.2, 0) is 14.3 Å². The topological polar surface area (TPSA) is 106 Å². The molecule has 0 aliphatic carbocycles. The van der Waals surface area contributed by atoms with Gasteiger partial charge >= 0.3 is 5.97 Å². The number of methoxy groups -OCH3 is 2. The molecule has 28 heavy (non-hydrogen) atoms. The van der Waals surface area contributed by atoms with Gasteiger partial charge in [-0.05, 0) is 48.5 Å². The summed E-state index contributed by atoms with van der Waals surface area (Å²) in [6.07, 6.45) is 0. The van der Waals surface area contributed by atoms with Crippen molar-refractivity contribution >= 4 is 29.2 Å². The van der Waals surface area contributed by atoms with Crippen LogP contribution in [-0.4, -0.2) is 51.7 Å². The van der Waals surface area contributed by atoms with Gasteiger partial charge in [-0.15, -0.1) is 0 Å². The summed E-state index contributed by atoms with van der Waals surface area (Å²) in [5.41, 5.74) is 2.22. The van der Waals surface area contributed by atoms with Gasteiger partial charge in [0.25, 0.3) is 5.91 Å². The molecule has 0 aliphatic heterocycles. The van der Waals surface area contributed by atoms with Gasteiger partial charge in [0.15, 0.2) is 0 Å². The number of carbonyl (C=O) groups excluding carboxylic acids is 3. The third-order valence-electron chi connectivity index (χ3n) is 3.78. The smallest absolute Gasteiger partial charge is 0.337 e. The Labute approximate surface area is 163 Å². The van der Waals surface area contributed by atoms with Crippen LogP contribution in [0.2, 0.25) is 0 Å². The van der Waals surface area contributed by atoms with Crippen LogP contribution in [0.15, 0.2) is 48.5 Å². The lowest BCUT2D eigenvalue weighted by atomic mass is 10.2. The quantitative estimate of drug-likeness (QED) is 0.450. The zero-order valence-corrected chi connectivity index (χ0v) is 15.8. The van der Waals surface area contributed by atoms with Crippen LogP contribution in [0.3, 0.4) is 0 Å². The second kappa shape index (κ2) is 10.7. The Morgan fingerprint density at radius 3 is 2.07 bits per heavy atom. The van der Waals surface area contributed by atoms with E-state index < -0.39 is 5.97 Å². The highest BCUT2D eigenvalue weighted by Crippen LogP contribution is 2.12. The van der Waals surface area contributed by atoms with Crippen molar-refractivity contribution < 1.29 is 23.9 Å². The van der Waals surface area contributed by atoms with Crippen molar-refractivity contribution in [3.05, 3.63) is 59.7 Å². The molecule has 148 valence electrons. The fourth-order valence-corrected chi connectivity index (χ4v) is 2.30. The second-order valence-electron chi connectivity index (χ2n) is 5.80. The lowest BCUT2D eigenvalue weighted by Crippen LogP contribution is -2.26. The van der Waals surface area contributed by atoms with Crippen LogP contribution in [0.25, 0.3) is 0 Å². The Balaban J connectivity index is 1.80. The standard InChI is InChI=1S/C20H23N3O5/c1-27-12-11-21-19(25)14-3-7-16(8-4-14)22-13-18(24)23-17-9-5-15(6-10-17)20(26)28-2/h3-10,22H,11-13H2,1-2H3,(H,21,25)(H,23,24). The molecule has 0 radical (unpaired) electrons. The summed E-state index contributed by atoms with van der Waals surface area (Å²) in [4.78, 5) is 35.3. The summed E-state index contributed by atoms with van der Waals surface area (Å²) in [7, 11) is 2.88. The molecule has 2 aromatic carbocycles. The first-order valence-electron chi connectivity index (χ1n) is 8.63. The second-order valence-corrected chi connectivity index (χ2v) is 5.80. The van der Waals surface area contributed by atoms with Crippen LogP contribution in [0, 0.1) is 0 Å². The van der Waals surface area contributed by atoms with E-state index >= 15 is 0 Å². The number of esters is 1. The SMILES string of the molecule is COCCNC(=O)c1ccc(NCC(=O)Nc2ccc(C(=O)OC)cc2)cc1. The number of benzene rings is 2. The van der Waals surface area contributed by atoms with Crippen molar-refractivity contribution in [2.45, 2.75) is 0 Å². The molecule has 0 atom stereocenters. The van der Waals surface area contributed by atoms with Gasteiger partial charge in [0.1, 0.15) is 0 Å². The maximum atomic E-state index is 12.0. The number of rotatable bonds is 9. The van der Waals surface area contributed by atoms with E-state index in [1.165, 1.54) is 7.11 Å². The third kappa shape index (κ3) is 6.40. The molecule has 0 unspecified atom stereocenters. The Morgan fingerprint density at radius 1 is 0.857 bits per heavy atom. The molecule has 0 spiro atoms. The molecular formula is C20H23N3O5. The van der Waals surface area contributed by atoms with Gasteiger partial charge in [0.2, 0.25) is 5.91 Å².